The van der Waals surface area contributed by atoms with Gasteiger partial charge in [0.05, 0.1) is 5.69 Å². The first kappa shape index (κ1) is 8.33. The summed E-state index contributed by atoms with van der Waals surface area (Å²) in [4.78, 5) is 0. The lowest BCUT2D eigenvalue weighted by atomic mass is 10.2. The molecule has 2 N–H and O–H groups in total. The van der Waals surface area contributed by atoms with Crippen LogP contribution in [0.25, 0.3) is 0 Å². The van der Waals surface area contributed by atoms with Gasteiger partial charge in [-0.2, -0.15) is 0 Å². The average molecular weight is 174 g/mol. The van der Waals surface area contributed by atoms with Crippen molar-refractivity contribution in [3.05, 3.63) is 28.8 Å². The minimum absolute atomic E-state index is 0.0589. The summed E-state index contributed by atoms with van der Waals surface area (Å²) in [5.41, 5.74) is 1.10. The highest BCUT2D eigenvalue weighted by Crippen LogP contribution is 2.20. The Morgan fingerprint density at radius 3 is 2.45 bits per heavy atom. The van der Waals surface area contributed by atoms with Crippen LogP contribution in [0.2, 0.25) is 5.02 Å². The van der Waals surface area contributed by atoms with Gasteiger partial charge in [0.25, 0.3) is 0 Å². The van der Waals surface area contributed by atoms with E-state index in [2.05, 4.69) is 0 Å². The molecule has 0 bridgehead atoms. The maximum atomic E-state index is 8.58. The zero-order chi connectivity index (χ0) is 8.43. The number of halogens is 1. The van der Waals surface area contributed by atoms with Crippen LogP contribution in [0.15, 0.2) is 18.2 Å². The molecule has 11 heavy (non-hydrogen) atoms. The van der Waals surface area contributed by atoms with Crippen molar-refractivity contribution in [3.8, 4) is 0 Å². The van der Waals surface area contributed by atoms with Gasteiger partial charge in [0.2, 0.25) is 0 Å². The van der Waals surface area contributed by atoms with Crippen molar-refractivity contribution >= 4 is 17.3 Å². The molecule has 0 spiro atoms. The number of anilines is 1. The topological polar surface area (TPSA) is 43.7 Å². The summed E-state index contributed by atoms with van der Waals surface area (Å²) >= 11 is 5.70. The maximum Gasteiger partial charge on any atom is 0.0946 e. The first-order chi connectivity index (χ1) is 5.11. The molecule has 1 aromatic carbocycles. The van der Waals surface area contributed by atoms with Crippen LogP contribution in [-0.4, -0.2) is 10.4 Å². The van der Waals surface area contributed by atoms with Crippen LogP contribution >= 0.6 is 11.6 Å². The summed E-state index contributed by atoms with van der Waals surface area (Å²) in [7, 11) is 0. The number of rotatable bonds is 1. The number of benzene rings is 1. The molecule has 4 heteroatoms. The molecular weight excluding hydrogens is 166 g/mol. The van der Waals surface area contributed by atoms with Crippen LogP contribution in [0, 0.1) is 6.92 Å². The molecule has 0 aliphatic rings. The molecular formula is C7H8ClNO2. The third-order valence-corrected chi connectivity index (χ3v) is 1.80. The first-order valence-corrected chi connectivity index (χ1v) is 3.43. The lowest BCUT2D eigenvalue weighted by Gasteiger charge is -2.08. The van der Waals surface area contributed by atoms with Gasteiger partial charge in [-0.3, -0.25) is 10.4 Å². The Kier molecular flexibility index (Phi) is 2.34. The standard InChI is InChI=1S/C7H8ClNO2/c1-5-4-6(9(10)11)2-3-7(5)8/h2-4,10-11H,1H3. The SMILES string of the molecule is Cc1cc(N(O)O)ccc1Cl. The molecule has 1 aromatic rings. The van der Waals surface area contributed by atoms with E-state index in [9.17, 15) is 0 Å². The van der Waals surface area contributed by atoms with Crippen LogP contribution in [0.4, 0.5) is 5.69 Å². The smallest absolute Gasteiger partial charge is 0.0946 e. The molecule has 0 saturated carbocycles. The van der Waals surface area contributed by atoms with Crippen molar-refractivity contribution in [1.29, 1.82) is 0 Å². The summed E-state index contributed by atoms with van der Waals surface area (Å²) in [6.45, 7) is 1.79. The van der Waals surface area contributed by atoms with Crippen LogP contribution < -0.4 is 5.23 Å². The third-order valence-electron chi connectivity index (χ3n) is 1.37. The van der Waals surface area contributed by atoms with Crippen molar-refractivity contribution in [2.45, 2.75) is 6.92 Å². The molecule has 0 saturated heterocycles. The highest BCUT2D eigenvalue weighted by Gasteiger charge is 2.00. The van der Waals surface area contributed by atoms with Gasteiger partial charge in [0.15, 0.2) is 0 Å². The minimum atomic E-state index is 0.0589. The molecule has 1 rings (SSSR count). The monoisotopic (exact) mass is 173 g/mol. The number of hydrogen-bond acceptors (Lipinski definition) is 3. The van der Waals surface area contributed by atoms with Gasteiger partial charge in [-0.25, -0.2) is 0 Å². The molecule has 0 heterocycles. The molecule has 0 fully saturated rings. The Hall–Kier alpha value is -0.770. The summed E-state index contributed by atoms with van der Waals surface area (Å²) in [6.07, 6.45) is 0. The number of hydrogen-bond donors (Lipinski definition) is 2. The van der Waals surface area contributed by atoms with Gasteiger partial charge >= 0.3 is 0 Å². The van der Waals surface area contributed by atoms with E-state index in [0.717, 1.165) is 5.56 Å². The molecule has 60 valence electrons. The van der Waals surface area contributed by atoms with E-state index in [1.807, 2.05) is 0 Å². The summed E-state index contributed by atoms with van der Waals surface area (Å²) < 4.78 is 0. The quantitative estimate of drug-likeness (QED) is 0.641. The number of nitrogens with zero attached hydrogens (tertiary/aromatic N) is 1. The van der Waals surface area contributed by atoms with Crippen LogP contribution in [0.3, 0.4) is 0 Å². The highest BCUT2D eigenvalue weighted by molar-refractivity contribution is 6.31. The van der Waals surface area contributed by atoms with E-state index in [1.54, 1.807) is 19.1 Å². The molecule has 0 amide bonds. The largest absolute Gasteiger partial charge is 0.264 e. The zero-order valence-corrected chi connectivity index (χ0v) is 6.71. The second-order valence-corrected chi connectivity index (χ2v) is 2.63. The lowest BCUT2D eigenvalue weighted by molar-refractivity contribution is 0.0291. The Morgan fingerprint density at radius 2 is 2.00 bits per heavy atom. The highest BCUT2D eigenvalue weighted by atomic mass is 35.5. The van der Waals surface area contributed by atoms with Crippen molar-refractivity contribution in [2.24, 2.45) is 0 Å². The number of aryl methyl sites for hydroxylation is 1. The van der Waals surface area contributed by atoms with E-state index < -0.39 is 0 Å². The molecule has 0 radical (unpaired) electrons. The Bertz CT molecular complexity index is 263. The second kappa shape index (κ2) is 3.09. The molecule has 0 aliphatic heterocycles. The van der Waals surface area contributed by atoms with Gasteiger partial charge in [-0.05, 0) is 30.7 Å². The lowest BCUT2D eigenvalue weighted by Crippen LogP contribution is -2.10. The molecule has 0 aromatic heterocycles. The van der Waals surface area contributed by atoms with Gasteiger partial charge in [-0.15, -0.1) is 5.23 Å². The zero-order valence-electron chi connectivity index (χ0n) is 5.95. The van der Waals surface area contributed by atoms with Crippen molar-refractivity contribution < 1.29 is 10.4 Å². The van der Waals surface area contributed by atoms with E-state index >= 15 is 0 Å². The Morgan fingerprint density at radius 1 is 1.36 bits per heavy atom. The van der Waals surface area contributed by atoms with Gasteiger partial charge in [-0.1, -0.05) is 11.6 Å². The Labute approximate surface area is 69.4 Å². The molecule has 0 atom stereocenters. The van der Waals surface area contributed by atoms with Crippen molar-refractivity contribution in [1.82, 2.24) is 0 Å². The first-order valence-electron chi connectivity index (χ1n) is 3.05. The van der Waals surface area contributed by atoms with Crippen molar-refractivity contribution in [2.75, 3.05) is 5.23 Å². The molecule has 0 aliphatic carbocycles. The van der Waals surface area contributed by atoms with E-state index in [-0.39, 0.29) is 5.23 Å². The maximum absolute atomic E-state index is 8.58. The van der Waals surface area contributed by atoms with Crippen LogP contribution in [0.5, 0.6) is 0 Å². The Balaban J connectivity index is 3.05. The normalized spacial score (nSPS) is 9.82. The molecule has 3 nitrogen and oxygen atoms in total. The molecule has 0 unspecified atom stereocenters. The van der Waals surface area contributed by atoms with Gasteiger partial charge in [0, 0.05) is 5.02 Å². The second-order valence-electron chi connectivity index (χ2n) is 2.22. The summed E-state index contributed by atoms with van der Waals surface area (Å²) in [6, 6.07) is 4.68. The van der Waals surface area contributed by atoms with E-state index in [1.165, 1.54) is 6.07 Å². The van der Waals surface area contributed by atoms with E-state index in [0.29, 0.717) is 10.7 Å². The van der Waals surface area contributed by atoms with Crippen LogP contribution in [0.1, 0.15) is 5.56 Å². The predicted molar refractivity (Wildman–Crippen MR) is 42.2 cm³/mol. The third kappa shape index (κ3) is 1.83. The van der Waals surface area contributed by atoms with E-state index in [4.69, 9.17) is 22.0 Å². The van der Waals surface area contributed by atoms with Gasteiger partial charge in [0.1, 0.15) is 0 Å². The van der Waals surface area contributed by atoms with Gasteiger partial charge < -0.3 is 0 Å². The predicted octanol–water partition coefficient (Wildman–Crippen LogP) is 2.23. The fourth-order valence-corrected chi connectivity index (χ4v) is 0.871. The fraction of sp³-hybridized carbons (Fsp3) is 0.143. The average Bonchev–Trinajstić information content (AvgIpc) is 1.94. The van der Waals surface area contributed by atoms with Crippen LogP contribution in [-0.2, 0) is 0 Å². The summed E-state index contributed by atoms with van der Waals surface area (Å²) in [5.74, 6) is 0. The van der Waals surface area contributed by atoms with Crippen molar-refractivity contribution in [3.63, 3.8) is 0 Å². The minimum Gasteiger partial charge on any atom is -0.264 e. The fourth-order valence-electron chi connectivity index (χ4n) is 0.753. The summed E-state index contributed by atoms with van der Waals surface area (Å²) in [5, 5.41) is 17.8.